The van der Waals surface area contributed by atoms with Crippen LogP contribution in [0.25, 0.3) is 0 Å². The van der Waals surface area contributed by atoms with Crippen molar-refractivity contribution in [2.24, 2.45) is 11.7 Å². The van der Waals surface area contributed by atoms with Crippen molar-refractivity contribution in [3.8, 4) is 0 Å². The van der Waals surface area contributed by atoms with Crippen LogP contribution in [0.2, 0.25) is 0 Å². The van der Waals surface area contributed by atoms with Gasteiger partial charge in [-0.1, -0.05) is 44.2 Å². The molecule has 0 aliphatic carbocycles. The largest absolute Gasteiger partial charge is 0.481 e. The molecule has 12 nitrogen and oxygen atoms in total. The van der Waals surface area contributed by atoms with Crippen molar-refractivity contribution < 1.29 is 48.1 Å². The highest BCUT2D eigenvalue weighted by atomic mass is 16.5. The van der Waals surface area contributed by atoms with Gasteiger partial charge in [0.1, 0.15) is 12.6 Å². The Balaban J connectivity index is 0.000000739. The molecule has 1 rings (SSSR count). The summed E-state index contributed by atoms with van der Waals surface area (Å²) in [6.45, 7) is 4.34. The average molecular weight is 541 g/mol. The van der Waals surface area contributed by atoms with Gasteiger partial charge < -0.3 is 35.2 Å². The Hall–Kier alpha value is -3.51. The summed E-state index contributed by atoms with van der Waals surface area (Å²) >= 11 is 0. The van der Waals surface area contributed by atoms with Gasteiger partial charge in [0, 0.05) is 12.8 Å². The maximum Gasteiger partial charge on any atom is 0.328 e. The van der Waals surface area contributed by atoms with Gasteiger partial charge in [-0.05, 0) is 11.5 Å². The fraction of sp³-hybridized carbons (Fsp3) is 0.577. The Morgan fingerprint density at radius 1 is 0.947 bits per heavy atom. The smallest absolute Gasteiger partial charge is 0.328 e. The highest BCUT2D eigenvalue weighted by Gasteiger charge is 2.26. The van der Waals surface area contributed by atoms with Crippen molar-refractivity contribution in [3.05, 3.63) is 35.9 Å². The van der Waals surface area contributed by atoms with Crippen LogP contribution in [0.5, 0.6) is 0 Å². The molecule has 0 aliphatic rings. The number of methoxy groups -OCH3 is 1. The van der Waals surface area contributed by atoms with Gasteiger partial charge in [-0.15, -0.1) is 0 Å². The normalized spacial score (nSPS) is 13.3. The van der Waals surface area contributed by atoms with Gasteiger partial charge in [0.15, 0.2) is 6.10 Å². The number of carbonyl (C=O) groups excluding carboxylic acids is 3. The number of carboxylic acid groups (broad SMARTS) is 2. The first-order chi connectivity index (χ1) is 17.5. The second kappa shape index (κ2) is 17.1. The minimum absolute atomic E-state index is 0.140. The van der Waals surface area contributed by atoms with Crippen LogP contribution < -0.4 is 11.1 Å². The lowest BCUT2D eigenvalue weighted by Gasteiger charge is -2.28. The molecule has 0 aliphatic heterocycles. The van der Waals surface area contributed by atoms with Crippen LogP contribution in [0.4, 0.5) is 0 Å². The van der Waals surface area contributed by atoms with Crippen LogP contribution in [0.15, 0.2) is 30.3 Å². The van der Waals surface area contributed by atoms with Crippen molar-refractivity contribution in [1.82, 2.24) is 5.32 Å². The van der Waals surface area contributed by atoms with Gasteiger partial charge in [0.2, 0.25) is 5.91 Å². The van der Waals surface area contributed by atoms with Gasteiger partial charge in [0.25, 0.3) is 0 Å². The Kier molecular flexibility index (Phi) is 15.5. The molecule has 0 saturated carbocycles. The fourth-order valence-corrected chi connectivity index (χ4v) is 3.26. The van der Waals surface area contributed by atoms with Crippen molar-refractivity contribution in [2.45, 2.75) is 57.7 Å². The van der Waals surface area contributed by atoms with Crippen molar-refractivity contribution in [3.63, 3.8) is 0 Å². The highest BCUT2D eigenvalue weighted by Crippen LogP contribution is 2.09. The molecule has 3 atom stereocenters. The van der Waals surface area contributed by atoms with E-state index in [2.05, 4.69) is 10.1 Å². The molecular formula is C26H42N3O9+. The van der Waals surface area contributed by atoms with Crippen LogP contribution >= 0.6 is 0 Å². The van der Waals surface area contributed by atoms with Gasteiger partial charge in [0.05, 0.1) is 47.1 Å². The molecule has 1 aromatic carbocycles. The molecule has 0 radical (unpaired) electrons. The lowest BCUT2D eigenvalue weighted by molar-refractivity contribution is -0.873. The van der Waals surface area contributed by atoms with E-state index in [1.165, 1.54) is 7.11 Å². The number of carbonyl (C=O) groups is 5. The number of ether oxygens (including phenoxy) is 2. The van der Waals surface area contributed by atoms with Gasteiger partial charge in [-0.25, -0.2) is 4.79 Å². The van der Waals surface area contributed by atoms with Crippen LogP contribution in [0, 0.1) is 5.92 Å². The van der Waals surface area contributed by atoms with Crippen LogP contribution in [-0.4, -0.2) is 97.5 Å². The van der Waals surface area contributed by atoms with E-state index < -0.39 is 48.4 Å². The summed E-state index contributed by atoms with van der Waals surface area (Å²) < 4.78 is 10.4. The molecule has 12 heteroatoms. The predicted molar refractivity (Wildman–Crippen MR) is 139 cm³/mol. The molecule has 1 amide bonds. The molecule has 214 valence electrons. The Morgan fingerprint density at radius 3 is 1.95 bits per heavy atom. The fourth-order valence-electron chi connectivity index (χ4n) is 3.26. The molecule has 0 spiro atoms. The third-order valence-corrected chi connectivity index (χ3v) is 4.84. The number of nitrogens with one attached hydrogen (secondary N) is 1. The highest BCUT2D eigenvalue weighted by molar-refractivity contribution is 5.89. The van der Waals surface area contributed by atoms with Crippen LogP contribution in [0.3, 0.4) is 0 Å². The van der Waals surface area contributed by atoms with E-state index in [1.54, 1.807) is 12.1 Å². The molecule has 0 aromatic heterocycles. The van der Waals surface area contributed by atoms with E-state index in [4.69, 9.17) is 20.7 Å². The number of hydrogen-bond acceptors (Lipinski definition) is 8. The standard InChI is InChI=1S/C14H18N2O5.C12H23NO4/c1-21-14(20)11(7-9-5-3-2-4-6-9)16-13(19)10(15)8-12(17)18;1-9(2)6-12(16)17-10(7-11(14)15)8-13(3,4)5/h2-6,10-11H,7-8,15H2,1H3,(H,16,19)(H,17,18);9-10H,6-8H2,1-5H3/p+1/t10-,11+;10-/m11/s1. The molecular weight excluding hydrogens is 498 g/mol. The summed E-state index contributed by atoms with van der Waals surface area (Å²) in [5.41, 5.74) is 6.29. The minimum atomic E-state index is -1.22. The topological polar surface area (TPSA) is 182 Å². The molecule has 38 heavy (non-hydrogen) atoms. The maximum absolute atomic E-state index is 11.8. The third kappa shape index (κ3) is 17.0. The maximum atomic E-state index is 11.8. The number of hydrogen-bond donors (Lipinski definition) is 4. The van der Waals surface area contributed by atoms with Crippen molar-refractivity contribution >= 4 is 29.8 Å². The number of benzene rings is 1. The molecule has 0 fully saturated rings. The van der Waals surface area contributed by atoms with Crippen molar-refractivity contribution in [2.75, 3.05) is 34.8 Å². The van der Waals surface area contributed by atoms with E-state index in [0.717, 1.165) is 5.56 Å². The molecule has 0 unspecified atom stereocenters. The number of aliphatic carboxylic acids is 2. The number of nitrogens with zero attached hydrogens (tertiary/aromatic N) is 1. The number of likely N-dealkylation sites (N-methyl/N-ethyl adjacent to an activating group) is 1. The number of nitrogens with two attached hydrogens (primary N) is 1. The molecule has 1 aromatic rings. The summed E-state index contributed by atoms with van der Waals surface area (Å²) in [4.78, 5) is 56.2. The number of esters is 2. The second-order valence-electron chi connectivity index (χ2n) is 10.3. The molecule has 0 heterocycles. The molecule has 5 N–H and O–H groups in total. The lowest BCUT2D eigenvalue weighted by atomic mass is 10.1. The van der Waals surface area contributed by atoms with Gasteiger partial charge >= 0.3 is 23.9 Å². The first-order valence-electron chi connectivity index (χ1n) is 12.1. The van der Waals surface area contributed by atoms with E-state index >= 15 is 0 Å². The van der Waals surface area contributed by atoms with E-state index in [0.29, 0.717) is 17.4 Å². The van der Waals surface area contributed by atoms with E-state index in [-0.39, 0.29) is 24.7 Å². The van der Waals surface area contributed by atoms with Gasteiger partial charge in [-0.2, -0.15) is 0 Å². The number of carboxylic acids is 2. The zero-order valence-corrected chi connectivity index (χ0v) is 23.0. The Bertz CT molecular complexity index is 914. The van der Waals surface area contributed by atoms with Crippen LogP contribution in [-0.2, 0) is 39.9 Å². The van der Waals surface area contributed by atoms with Gasteiger partial charge in [-0.3, -0.25) is 19.2 Å². The summed E-state index contributed by atoms with van der Waals surface area (Å²) in [7, 11) is 7.02. The predicted octanol–water partition coefficient (Wildman–Crippen LogP) is 0.814. The average Bonchev–Trinajstić information content (AvgIpc) is 2.76. The Morgan fingerprint density at radius 2 is 1.50 bits per heavy atom. The summed E-state index contributed by atoms with van der Waals surface area (Å²) in [6.07, 6.45) is -0.643. The number of rotatable bonds is 14. The first-order valence-corrected chi connectivity index (χ1v) is 12.1. The summed E-state index contributed by atoms with van der Waals surface area (Å²) in [5, 5.41) is 19.8. The first kappa shape index (κ1) is 34.5. The summed E-state index contributed by atoms with van der Waals surface area (Å²) in [5.74, 6) is -3.55. The zero-order chi connectivity index (χ0) is 29.5. The lowest BCUT2D eigenvalue weighted by Crippen LogP contribution is -2.50. The quantitative estimate of drug-likeness (QED) is 0.195. The molecule has 0 saturated heterocycles. The second-order valence-corrected chi connectivity index (χ2v) is 10.3. The zero-order valence-electron chi connectivity index (χ0n) is 23.0. The molecule has 0 bridgehead atoms. The monoisotopic (exact) mass is 540 g/mol. The van der Waals surface area contributed by atoms with E-state index in [1.807, 2.05) is 53.2 Å². The van der Waals surface area contributed by atoms with Crippen molar-refractivity contribution in [1.29, 1.82) is 0 Å². The van der Waals surface area contributed by atoms with E-state index in [9.17, 15) is 24.0 Å². The number of quaternary nitrogens is 1. The number of amides is 1. The SMILES string of the molecule is CC(C)CC(=O)O[C@H](CC(=O)O)C[N+](C)(C)C.COC(=O)[C@H](Cc1ccccc1)NC(=O)[C@H](N)CC(=O)O. The third-order valence-electron chi connectivity index (χ3n) is 4.84. The van der Waals surface area contributed by atoms with Crippen LogP contribution in [0.1, 0.15) is 38.7 Å². The Labute approximate surface area is 223 Å². The minimum Gasteiger partial charge on any atom is -0.481 e. The summed E-state index contributed by atoms with van der Waals surface area (Å²) in [6, 6.07) is 6.93.